The zero-order valence-electron chi connectivity index (χ0n) is 13.0. The van der Waals surface area contributed by atoms with Crippen LogP contribution in [0, 0.1) is 0 Å². The molecule has 4 heteroatoms. The van der Waals surface area contributed by atoms with Gasteiger partial charge in [0.25, 0.3) is 0 Å². The number of ketones is 2. The first-order chi connectivity index (χ1) is 11.2. The molecule has 23 heavy (non-hydrogen) atoms. The van der Waals surface area contributed by atoms with Gasteiger partial charge in [-0.25, -0.2) is 0 Å². The maximum absolute atomic E-state index is 12.4. The van der Waals surface area contributed by atoms with Gasteiger partial charge in [0.2, 0.25) is 0 Å². The van der Waals surface area contributed by atoms with E-state index >= 15 is 0 Å². The molecule has 0 unspecified atom stereocenters. The Morgan fingerprint density at radius 1 is 0.957 bits per heavy atom. The molecule has 0 atom stereocenters. The number of carbonyl (C=O) groups excluding carboxylic acids is 2. The van der Waals surface area contributed by atoms with Gasteiger partial charge < -0.3 is 9.47 Å². The van der Waals surface area contributed by atoms with E-state index in [4.69, 9.17) is 9.47 Å². The number of carbonyl (C=O) groups is 2. The summed E-state index contributed by atoms with van der Waals surface area (Å²) in [6, 6.07) is 12.2. The summed E-state index contributed by atoms with van der Waals surface area (Å²) in [4.78, 5) is 24.8. The van der Waals surface area contributed by atoms with Crippen molar-refractivity contribution in [3.63, 3.8) is 0 Å². The molecule has 0 saturated heterocycles. The third kappa shape index (κ3) is 2.63. The second kappa shape index (κ2) is 6.08. The van der Waals surface area contributed by atoms with Crippen molar-refractivity contribution in [2.24, 2.45) is 0 Å². The number of hydrogen-bond donors (Lipinski definition) is 0. The summed E-state index contributed by atoms with van der Waals surface area (Å²) in [7, 11) is 1.57. The highest BCUT2D eigenvalue weighted by atomic mass is 16.5. The lowest BCUT2D eigenvalue weighted by molar-refractivity contribution is 0.0990. The lowest BCUT2D eigenvalue weighted by atomic mass is 10.1. The fourth-order valence-corrected chi connectivity index (χ4v) is 2.62. The number of benzene rings is 2. The molecule has 3 rings (SSSR count). The van der Waals surface area contributed by atoms with Crippen molar-refractivity contribution in [1.82, 2.24) is 0 Å². The van der Waals surface area contributed by atoms with Crippen LogP contribution in [0.3, 0.4) is 0 Å². The van der Waals surface area contributed by atoms with Crippen molar-refractivity contribution in [1.29, 1.82) is 0 Å². The van der Waals surface area contributed by atoms with Crippen molar-refractivity contribution < 1.29 is 19.1 Å². The van der Waals surface area contributed by atoms with Gasteiger partial charge in [-0.2, -0.15) is 0 Å². The first kappa shape index (κ1) is 15.0. The van der Waals surface area contributed by atoms with E-state index in [9.17, 15) is 9.59 Å². The van der Waals surface area contributed by atoms with Gasteiger partial charge in [-0.1, -0.05) is 30.3 Å². The molecule has 4 nitrogen and oxygen atoms in total. The van der Waals surface area contributed by atoms with E-state index < -0.39 is 0 Å². The summed E-state index contributed by atoms with van der Waals surface area (Å²) in [5.41, 5.74) is 1.82. The highest BCUT2D eigenvalue weighted by molar-refractivity contribution is 6.41. The quantitative estimate of drug-likeness (QED) is 0.640. The largest absolute Gasteiger partial charge is 0.493 e. The SMILES string of the molecule is CCOc1cc(C=C2C(=O)c3ccccc3C2=O)ccc1OC. The van der Waals surface area contributed by atoms with Crippen LogP contribution >= 0.6 is 0 Å². The minimum Gasteiger partial charge on any atom is -0.493 e. The van der Waals surface area contributed by atoms with Crippen molar-refractivity contribution >= 4 is 17.6 Å². The van der Waals surface area contributed by atoms with Crippen molar-refractivity contribution in [3.8, 4) is 11.5 Å². The number of ether oxygens (including phenoxy) is 2. The molecule has 0 saturated carbocycles. The van der Waals surface area contributed by atoms with Gasteiger partial charge in [-0.15, -0.1) is 0 Å². The van der Waals surface area contributed by atoms with E-state index in [1.54, 1.807) is 55.7 Å². The molecule has 2 aromatic rings. The molecular formula is C19H16O4. The van der Waals surface area contributed by atoms with Crippen LogP contribution in [-0.2, 0) is 0 Å². The summed E-state index contributed by atoms with van der Waals surface area (Å²) in [5.74, 6) is 0.722. The summed E-state index contributed by atoms with van der Waals surface area (Å²) in [5, 5.41) is 0. The van der Waals surface area contributed by atoms with E-state index in [2.05, 4.69) is 0 Å². The maximum atomic E-state index is 12.4. The van der Waals surface area contributed by atoms with Gasteiger partial charge in [-0.05, 0) is 30.7 Å². The van der Waals surface area contributed by atoms with Crippen LogP contribution in [0.5, 0.6) is 11.5 Å². The van der Waals surface area contributed by atoms with E-state index in [0.717, 1.165) is 5.56 Å². The van der Waals surface area contributed by atoms with E-state index in [1.165, 1.54) is 0 Å². The van der Waals surface area contributed by atoms with Gasteiger partial charge >= 0.3 is 0 Å². The van der Waals surface area contributed by atoms with Gasteiger partial charge in [0.15, 0.2) is 23.1 Å². The first-order valence-corrected chi connectivity index (χ1v) is 7.36. The molecule has 0 radical (unpaired) electrons. The van der Waals surface area contributed by atoms with Crippen LogP contribution in [-0.4, -0.2) is 25.3 Å². The lowest BCUT2D eigenvalue weighted by Crippen LogP contribution is -2.00. The Bertz CT molecular complexity index is 781. The van der Waals surface area contributed by atoms with Gasteiger partial charge in [0.05, 0.1) is 19.3 Å². The number of fused-ring (bicyclic) bond motifs is 1. The van der Waals surface area contributed by atoms with Crippen LogP contribution in [0.2, 0.25) is 0 Å². The number of Topliss-reactive ketones (excluding diaryl/α,β-unsaturated/α-hetero) is 2. The second-order valence-electron chi connectivity index (χ2n) is 5.11. The number of allylic oxidation sites excluding steroid dienone is 1. The molecule has 0 bridgehead atoms. The predicted octanol–water partition coefficient (Wildman–Crippen LogP) is 3.56. The van der Waals surface area contributed by atoms with Crippen molar-refractivity contribution in [2.75, 3.05) is 13.7 Å². The third-order valence-electron chi connectivity index (χ3n) is 3.70. The Balaban J connectivity index is 2.01. The smallest absolute Gasteiger partial charge is 0.197 e. The molecule has 2 aromatic carbocycles. The zero-order valence-corrected chi connectivity index (χ0v) is 13.0. The first-order valence-electron chi connectivity index (χ1n) is 7.36. The average molecular weight is 308 g/mol. The number of hydrogen-bond acceptors (Lipinski definition) is 4. The van der Waals surface area contributed by atoms with Crippen LogP contribution in [0.15, 0.2) is 48.0 Å². The molecule has 116 valence electrons. The second-order valence-corrected chi connectivity index (χ2v) is 5.11. The maximum Gasteiger partial charge on any atom is 0.197 e. The van der Waals surface area contributed by atoms with Crippen LogP contribution in [0.25, 0.3) is 6.08 Å². The fourth-order valence-electron chi connectivity index (χ4n) is 2.62. The standard InChI is InChI=1S/C19H16O4/c1-3-23-17-11-12(8-9-16(17)22-2)10-15-18(20)13-6-4-5-7-14(13)19(15)21/h4-11H,3H2,1-2H3. The molecule has 0 spiro atoms. The van der Waals surface area contributed by atoms with E-state index in [1.807, 2.05) is 6.92 Å². The summed E-state index contributed by atoms with van der Waals surface area (Å²) in [6.45, 7) is 2.38. The highest BCUT2D eigenvalue weighted by Crippen LogP contribution is 2.31. The molecule has 0 heterocycles. The minimum atomic E-state index is -0.237. The van der Waals surface area contributed by atoms with Crippen LogP contribution in [0.1, 0.15) is 33.2 Å². The monoisotopic (exact) mass is 308 g/mol. The summed E-state index contributed by atoms with van der Waals surface area (Å²) in [6.07, 6.45) is 1.60. The minimum absolute atomic E-state index is 0.179. The van der Waals surface area contributed by atoms with Gasteiger partial charge in [-0.3, -0.25) is 9.59 Å². The normalized spacial score (nSPS) is 13.0. The van der Waals surface area contributed by atoms with Crippen molar-refractivity contribution in [2.45, 2.75) is 6.92 Å². The summed E-state index contributed by atoms with van der Waals surface area (Å²) >= 11 is 0. The molecule has 0 aromatic heterocycles. The van der Waals surface area contributed by atoms with Crippen LogP contribution in [0.4, 0.5) is 0 Å². The molecule has 1 aliphatic rings. The average Bonchev–Trinajstić information content (AvgIpc) is 2.81. The zero-order chi connectivity index (χ0) is 16.4. The Morgan fingerprint density at radius 2 is 1.61 bits per heavy atom. The number of rotatable bonds is 4. The number of methoxy groups -OCH3 is 1. The van der Waals surface area contributed by atoms with Crippen LogP contribution < -0.4 is 9.47 Å². The Hall–Kier alpha value is -2.88. The highest BCUT2D eigenvalue weighted by Gasteiger charge is 2.32. The van der Waals surface area contributed by atoms with Gasteiger partial charge in [0.1, 0.15) is 0 Å². The molecule has 0 amide bonds. The van der Waals surface area contributed by atoms with Crippen molar-refractivity contribution in [3.05, 3.63) is 64.7 Å². The molecule has 0 aliphatic heterocycles. The topological polar surface area (TPSA) is 52.6 Å². The molecule has 0 fully saturated rings. The predicted molar refractivity (Wildman–Crippen MR) is 87.2 cm³/mol. The Kier molecular flexibility index (Phi) is 3.98. The Labute approximate surface area is 134 Å². The molecule has 1 aliphatic carbocycles. The fraction of sp³-hybridized carbons (Fsp3) is 0.158. The van der Waals surface area contributed by atoms with E-state index in [0.29, 0.717) is 29.2 Å². The van der Waals surface area contributed by atoms with E-state index in [-0.39, 0.29) is 17.1 Å². The molecular weight excluding hydrogens is 292 g/mol. The third-order valence-corrected chi connectivity index (χ3v) is 3.70. The molecule has 0 N–H and O–H groups in total. The summed E-state index contributed by atoms with van der Waals surface area (Å²) < 4.78 is 10.8. The lowest BCUT2D eigenvalue weighted by Gasteiger charge is -2.09. The van der Waals surface area contributed by atoms with Gasteiger partial charge in [0, 0.05) is 11.1 Å². The Morgan fingerprint density at radius 3 is 2.17 bits per heavy atom.